The van der Waals surface area contributed by atoms with Crippen molar-refractivity contribution >= 4 is 34.5 Å². The first-order valence-corrected chi connectivity index (χ1v) is 13.8. The number of carbonyl (C=O) groups excluding carboxylic acids is 3. The minimum Gasteiger partial charge on any atom is -0.480 e. The Labute approximate surface area is 230 Å². The van der Waals surface area contributed by atoms with E-state index in [1.165, 1.54) is 6.92 Å². The van der Waals surface area contributed by atoms with Crippen LogP contribution < -0.4 is 16.4 Å². The Kier molecular flexibility index (Phi) is 12.9. The van der Waals surface area contributed by atoms with E-state index in [1.807, 2.05) is 56.3 Å². The molecule has 2 rings (SSSR count). The molecule has 0 saturated carbocycles. The van der Waals surface area contributed by atoms with Crippen molar-refractivity contribution < 1.29 is 29.0 Å². The third-order valence-electron chi connectivity index (χ3n) is 6.99. The summed E-state index contributed by atoms with van der Waals surface area (Å²) in [6.07, 6.45) is 3.24. The van der Waals surface area contributed by atoms with Crippen molar-refractivity contribution in [3.05, 3.63) is 48.0 Å². The zero-order valence-corrected chi connectivity index (χ0v) is 23.4. The molecule has 0 radical (unpaired) electrons. The van der Waals surface area contributed by atoms with Gasteiger partial charge in [0.05, 0.1) is 6.42 Å². The van der Waals surface area contributed by atoms with Gasteiger partial charge in [0.25, 0.3) is 0 Å². The van der Waals surface area contributed by atoms with E-state index in [2.05, 4.69) is 17.6 Å². The van der Waals surface area contributed by atoms with Gasteiger partial charge in [-0.1, -0.05) is 82.5 Å². The molecule has 5 atom stereocenters. The number of hydrogen-bond acceptors (Lipinski definition) is 6. The number of ether oxygens (including phenoxy) is 1. The first kappa shape index (κ1) is 31.8. The summed E-state index contributed by atoms with van der Waals surface area (Å²) >= 11 is 0. The number of fused-ring (bicyclic) bond motifs is 1. The second-order valence-corrected chi connectivity index (χ2v) is 10.2. The maximum absolute atomic E-state index is 13.1. The van der Waals surface area contributed by atoms with Gasteiger partial charge in [0.2, 0.25) is 11.8 Å². The molecule has 2 aromatic carbocycles. The molecule has 0 unspecified atom stereocenters. The summed E-state index contributed by atoms with van der Waals surface area (Å²) in [6, 6.07) is 10.6. The monoisotopic (exact) mass is 541 g/mol. The van der Waals surface area contributed by atoms with Crippen molar-refractivity contribution in [1.82, 2.24) is 10.6 Å². The number of rotatable bonds is 16. The van der Waals surface area contributed by atoms with Crippen LogP contribution in [0, 0.1) is 5.92 Å². The van der Waals surface area contributed by atoms with Gasteiger partial charge in [-0.05, 0) is 42.0 Å². The van der Waals surface area contributed by atoms with E-state index in [9.17, 15) is 24.3 Å². The van der Waals surface area contributed by atoms with Crippen LogP contribution in [0.4, 0.5) is 0 Å². The van der Waals surface area contributed by atoms with Crippen LogP contribution in [0.3, 0.4) is 0 Å². The molecule has 0 spiro atoms. The summed E-state index contributed by atoms with van der Waals surface area (Å²) < 4.78 is 5.65. The zero-order valence-electron chi connectivity index (χ0n) is 23.4. The standard InChI is InChI=1S/C30H43N3O6/c1-5-7-8-13-24(39-30(38)27(31)19(3)6-2)18-26(34)33-25(28(35)32-20(4)29(36)37)17-21-14-15-22-11-9-10-12-23(22)16-21/h9-12,14-16,19-20,24-25,27H,5-8,13,17-18,31H2,1-4H3,(H,32,35)(H,33,34)(H,36,37)/t19-,20-,24+,25-,27+/m0/s1. The molecule has 2 amide bonds. The number of nitrogens with one attached hydrogen (secondary N) is 2. The van der Waals surface area contributed by atoms with E-state index in [1.54, 1.807) is 0 Å². The Morgan fingerprint density at radius 2 is 1.67 bits per heavy atom. The first-order chi connectivity index (χ1) is 18.5. The van der Waals surface area contributed by atoms with Crippen LogP contribution in [-0.4, -0.2) is 53.1 Å². The molecule has 9 nitrogen and oxygen atoms in total. The number of carbonyl (C=O) groups is 4. The second-order valence-electron chi connectivity index (χ2n) is 10.2. The van der Waals surface area contributed by atoms with Crippen molar-refractivity contribution in [2.45, 2.75) is 96.9 Å². The van der Waals surface area contributed by atoms with E-state index >= 15 is 0 Å². The molecular weight excluding hydrogens is 498 g/mol. The number of hydrogen-bond donors (Lipinski definition) is 4. The van der Waals surface area contributed by atoms with Gasteiger partial charge in [0, 0.05) is 6.42 Å². The van der Waals surface area contributed by atoms with Gasteiger partial charge in [-0.3, -0.25) is 19.2 Å². The average Bonchev–Trinajstić information content (AvgIpc) is 2.91. The molecule has 0 aromatic heterocycles. The average molecular weight is 542 g/mol. The Hall–Kier alpha value is -3.46. The van der Waals surface area contributed by atoms with E-state index in [4.69, 9.17) is 10.5 Å². The summed E-state index contributed by atoms with van der Waals surface area (Å²) in [5, 5.41) is 16.5. The summed E-state index contributed by atoms with van der Waals surface area (Å²) in [7, 11) is 0. The number of amides is 2. The van der Waals surface area contributed by atoms with Crippen LogP contribution in [0.2, 0.25) is 0 Å². The fourth-order valence-corrected chi connectivity index (χ4v) is 4.20. The lowest BCUT2D eigenvalue weighted by molar-refractivity contribution is -0.153. The van der Waals surface area contributed by atoms with E-state index in [-0.39, 0.29) is 18.8 Å². The quantitative estimate of drug-likeness (QED) is 0.187. The van der Waals surface area contributed by atoms with Gasteiger partial charge >= 0.3 is 11.9 Å². The SMILES string of the molecule is CCCCC[C@H](CC(=O)N[C@@H](Cc1ccc2ccccc2c1)C(=O)N[C@@H](C)C(=O)O)OC(=O)[C@H](N)[C@@H](C)CC. The van der Waals surface area contributed by atoms with Crippen molar-refractivity contribution in [2.24, 2.45) is 11.7 Å². The van der Waals surface area contributed by atoms with Crippen molar-refractivity contribution in [3.8, 4) is 0 Å². The highest BCUT2D eigenvalue weighted by Crippen LogP contribution is 2.18. The first-order valence-electron chi connectivity index (χ1n) is 13.8. The van der Waals surface area contributed by atoms with Gasteiger partial charge in [0.1, 0.15) is 24.2 Å². The molecule has 0 aliphatic rings. The number of esters is 1. The summed E-state index contributed by atoms with van der Waals surface area (Å²) in [5.74, 6) is -2.86. The van der Waals surface area contributed by atoms with Crippen LogP contribution in [0.15, 0.2) is 42.5 Å². The molecule has 2 aromatic rings. The molecule has 9 heteroatoms. The number of aliphatic carboxylic acids is 1. The maximum Gasteiger partial charge on any atom is 0.325 e. The van der Waals surface area contributed by atoms with E-state index in [0.717, 1.165) is 42.0 Å². The highest BCUT2D eigenvalue weighted by molar-refractivity contribution is 5.91. The van der Waals surface area contributed by atoms with Crippen LogP contribution in [0.25, 0.3) is 10.8 Å². The van der Waals surface area contributed by atoms with Gasteiger partial charge in [0.15, 0.2) is 0 Å². The number of carboxylic acid groups (broad SMARTS) is 1. The molecular formula is C30H43N3O6. The van der Waals surface area contributed by atoms with Crippen molar-refractivity contribution in [3.63, 3.8) is 0 Å². The lowest BCUT2D eigenvalue weighted by Gasteiger charge is -2.24. The molecule has 0 fully saturated rings. The topological polar surface area (TPSA) is 148 Å². The third kappa shape index (κ3) is 10.3. The van der Waals surface area contributed by atoms with Crippen molar-refractivity contribution in [2.75, 3.05) is 0 Å². The van der Waals surface area contributed by atoms with E-state index in [0.29, 0.717) is 6.42 Å². The number of benzene rings is 2. The Balaban J connectivity index is 2.19. The number of unbranched alkanes of at least 4 members (excludes halogenated alkanes) is 2. The Bertz CT molecular complexity index is 1120. The molecule has 0 aliphatic carbocycles. The number of carboxylic acids is 1. The lowest BCUT2D eigenvalue weighted by Crippen LogP contribution is -2.52. The summed E-state index contributed by atoms with van der Waals surface area (Å²) in [4.78, 5) is 50.1. The molecule has 0 heterocycles. The van der Waals surface area contributed by atoms with Gasteiger partial charge < -0.3 is 26.2 Å². The van der Waals surface area contributed by atoms with Crippen LogP contribution in [0.5, 0.6) is 0 Å². The minimum absolute atomic E-state index is 0.0612. The largest absolute Gasteiger partial charge is 0.480 e. The third-order valence-corrected chi connectivity index (χ3v) is 6.99. The normalized spacial score (nSPS) is 15.0. The highest BCUT2D eigenvalue weighted by atomic mass is 16.5. The predicted octanol–water partition coefficient (Wildman–Crippen LogP) is 3.71. The molecule has 0 saturated heterocycles. The molecule has 214 valence electrons. The van der Waals surface area contributed by atoms with Gasteiger partial charge in [-0.15, -0.1) is 0 Å². The summed E-state index contributed by atoms with van der Waals surface area (Å²) in [6.45, 7) is 7.23. The van der Waals surface area contributed by atoms with Crippen LogP contribution in [-0.2, 0) is 30.3 Å². The molecule has 5 N–H and O–H groups in total. The Morgan fingerprint density at radius 1 is 0.974 bits per heavy atom. The number of nitrogens with two attached hydrogens (primary N) is 1. The molecule has 39 heavy (non-hydrogen) atoms. The maximum atomic E-state index is 13.1. The van der Waals surface area contributed by atoms with Crippen molar-refractivity contribution in [1.29, 1.82) is 0 Å². The van der Waals surface area contributed by atoms with Crippen LogP contribution >= 0.6 is 0 Å². The molecule has 0 bridgehead atoms. The van der Waals surface area contributed by atoms with E-state index < -0.39 is 48.0 Å². The zero-order chi connectivity index (χ0) is 28.9. The predicted molar refractivity (Wildman–Crippen MR) is 151 cm³/mol. The molecule has 0 aliphatic heterocycles. The minimum atomic E-state index is -1.18. The smallest absolute Gasteiger partial charge is 0.325 e. The fourth-order valence-electron chi connectivity index (χ4n) is 4.20. The lowest BCUT2D eigenvalue weighted by atomic mass is 9.99. The van der Waals surface area contributed by atoms with Gasteiger partial charge in [-0.25, -0.2) is 0 Å². The highest BCUT2D eigenvalue weighted by Gasteiger charge is 2.28. The van der Waals surface area contributed by atoms with Gasteiger partial charge in [-0.2, -0.15) is 0 Å². The second kappa shape index (κ2) is 15.8. The van der Waals surface area contributed by atoms with Crippen LogP contribution in [0.1, 0.15) is 71.8 Å². The fraction of sp³-hybridized carbons (Fsp3) is 0.533. The Morgan fingerprint density at radius 3 is 2.31 bits per heavy atom. The summed E-state index contributed by atoms with van der Waals surface area (Å²) in [5.41, 5.74) is 6.85.